The Balaban J connectivity index is 1.93. The molecule has 2 unspecified atom stereocenters. The smallest absolute Gasteiger partial charge is 0.123 e. The van der Waals surface area contributed by atoms with E-state index in [1.54, 1.807) is 12.1 Å². The van der Waals surface area contributed by atoms with Crippen LogP contribution in [0, 0.1) is 5.82 Å². The highest BCUT2D eigenvalue weighted by Crippen LogP contribution is 2.42. The molecule has 2 fully saturated rings. The number of thioether (sulfide) groups is 1. The van der Waals surface area contributed by atoms with Gasteiger partial charge in [0.15, 0.2) is 0 Å². The fourth-order valence-corrected chi connectivity index (χ4v) is 4.11. The first kappa shape index (κ1) is 11.5. The first-order valence-corrected chi connectivity index (χ1v) is 7.16. The standard InChI is InChI=1S/C13H16FNOS/c14-11-3-1-2-10(8-11)12-13(4-7-17-9-13)16-6-5-15-12/h1-3,8,12,15H,4-7,9H2. The van der Waals surface area contributed by atoms with Crippen LogP contribution >= 0.6 is 11.8 Å². The number of halogens is 1. The molecule has 0 bridgehead atoms. The van der Waals surface area contributed by atoms with E-state index >= 15 is 0 Å². The van der Waals surface area contributed by atoms with Crippen LogP contribution in [0.2, 0.25) is 0 Å². The van der Waals surface area contributed by atoms with E-state index in [1.807, 2.05) is 17.8 Å². The molecule has 2 aliphatic heterocycles. The normalized spacial score (nSPS) is 33.1. The lowest BCUT2D eigenvalue weighted by Crippen LogP contribution is -2.52. The molecule has 2 atom stereocenters. The predicted molar refractivity (Wildman–Crippen MR) is 67.8 cm³/mol. The first-order valence-electron chi connectivity index (χ1n) is 6.01. The van der Waals surface area contributed by atoms with Crippen LogP contribution in [0.15, 0.2) is 24.3 Å². The Morgan fingerprint density at radius 2 is 2.41 bits per heavy atom. The van der Waals surface area contributed by atoms with Gasteiger partial charge < -0.3 is 10.1 Å². The minimum absolute atomic E-state index is 0.127. The van der Waals surface area contributed by atoms with Gasteiger partial charge in [-0.05, 0) is 29.9 Å². The summed E-state index contributed by atoms with van der Waals surface area (Å²) in [6.07, 6.45) is 1.05. The Morgan fingerprint density at radius 1 is 1.47 bits per heavy atom. The Kier molecular flexibility index (Phi) is 3.11. The summed E-state index contributed by atoms with van der Waals surface area (Å²) >= 11 is 1.92. The summed E-state index contributed by atoms with van der Waals surface area (Å²) in [4.78, 5) is 0. The molecule has 0 aliphatic carbocycles. The van der Waals surface area contributed by atoms with E-state index in [2.05, 4.69) is 5.32 Å². The fourth-order valence-electron chi connectivity index (χ4n) is 2.74. The molecule has 92 valence electrons. The summed E-state index contributed by atoms with van der Waals surface area (Å²) < 4.78 is 19.4. The largest absolute Gasteiger partial charge is 0.371 e. The SMILES string of the molecule is Fc1cccc(C2NCCOC23CCSC3)c1. The zero-order valence-electron chi connectivity index (χ0n) is 9.62. The molecule has 2 aliphatic rings. The number of ether oxygens (including phenoxy) is 1. The second-order valence-corrected chi connectivity index (χ2v) is 5.76. The molecule has 2 nitrogen and oxygen atoms in total. The monoisotopic (exact) mass is 253 g/mol. The van der Waals surface area contributed by atoms with Crippen molar-refractivity contribution in [1.82, 2.24) is 5.32 Å². The Morgan fingerprint density at radius 3 is 3.18 bits per heavy atom. The van der Waals surface area contributed by atoms with E-state index in [0.717, 1.165) is 36.6 Å². The van der Waals surface area contributed by atoms with Crippen LogP contribution in [0.5, 0.6) is 0 Å². The minimum atomic E-state index is -0.171. The lowest BCUT2D eigenvalue weighted by atomic mass is 9.86. The van der Waals surface area contributed by atoms with Crippen molar-refractivity contribution in [2.45, 2.75) is 18.1 Å². The molecule has 1 spiro atoms. The van der Waals surface area contributed by atoms with Gasteiger partial charge in [0, 0.05) is 12.3 Å². The van der Waals surface area contributed by atoms with Gasteiger partial charge in [-0.2, -0.15) is 11.8 Å². The lowest BCUT2D eigenvalue weighted by Gasteiger charge is -2.41. The van der Waals surface area contributed by atoms with Gasteiger partial charge in [0.25, 0.3) is 0 Å². The van der Waals surface area contributed by atoms with E-state index in [-0.39, 0.29) is 17.5 Å². The van der Waals surface area contributed by atoms with Crippen LogP contribution in [0.25, 0.3) is 0 Å². The molecule has 1 aromatic rings. The number of nitrogens with one attached hydrogen (secondary N) is 1. The molecule has 2 saturated heterocycles. The third kappa shape index (κ3) is 2.09. The van der Waals surface area contributed by atoms with Crippen LogP contribution < -0.4 is 5.32 Å². The van der Waals surface area contributed by atoms with Gasteiger partial charge in [-0.3, -0.25) is 0 Å². The topological polar surface area (TPSA) is 21.3 Å². The molecule has 3 rings (SSSR count). The zero-order chi connectivity index (χ0) is 11.7. The van der Waals surface area contributed by atoms with Crippen molar-refractivity contribution in [2.24, 2.45) is 0 Å². The maximum Gasteiger partial charge on any atom is 0.123 e. The number of benzene rings is 1. The molecule has 2 heterocycles. The van der Waals surface area contributed by atoms with Crippen molar-refractivity contribution in [3.05, 3.63) is 35.6 Å². The van der Waals surface area contributed by atoms with E-state index in [4.69, 9.17) is 4.74 Å². The first-order chi connectivity index (χ1) is 8.30. The van der Waals surface area contributed by atoms with Gasteiger partial charge >= 0.3 is 0 Å². The molecule has 0 amide bonds. The van der Waals surface area contributed by atoms with Crippen LogP contribution in [-0.4, -0.2) is 30.3 Å². The second kappa shape index (κ2) is 4.59. The fraction of sp³-hybridized carbons (Fsp3) is 0.538. The summed E-state index contributed by atoms with van der Waals surface area (Å²) in [5.41, 5.74) is 0.878. The average molecular weight is 253 g/mol. The summed E-state index contributed by atoms with van der Waals surface area (Å²) in [5.74, 6) is 1.96. The van der Waals surface area contributed by atoms with Gasteiger partial charge in [0.2, 0.25) is 0 Å². The van der Waals surface area contributed by atoms with Crippen LogP contribution in [-0.2, 0) is 4.74 Å². The van der Waals surface area contributed by atoms with Crippen LogP contribution in [0.4, 0.5) is 4.39 Å². The molecule has 1 N–H and O–H groups in total. The van der Waals surface area contributed by atoms with Crippen molar-refractivity contribution in [2.75, 3.05) is 24.7 Å². The lowest BCUT2D eigenvalue weighted by molar-refractivity contribution is -0.0796. The van der Waals surface area contributed by atoms with Crippen LogP contribution in [0.3, 0.4) is 0 Å². The van der Waals surface area contributed by atoms with Gasteiger partial charge in [-0.25, -0.2) is 4.39 Å². The van der Waals surface area contributed by atoms with Gasteiger partial charge in [0.1, 0.15) is 5.82 Å². The number of hydrogen-bond donors (Lipinski definition) is 1. The third-order valence-corrected chi connectivity index (χ3v) is 4.75. The molecule has 1 aromatic carbocycles. The van der Waals surface area contributed by atoms with E-state index in [1.165, 1.54) is 6.07 Å². The van der Waals surface area contributed by atoms with Crippen molar-refractivity contribution in [3.63, 3.8) is 0 Å². The molecule has 4 heteroatoms. The highest BCUT2D eigenvalue weighted by molar-refractivity contribution is 7.99. The summed E-state index contributed by atoms with van der Waals surface area (Å²) in [6, 6.07) is 7.00. The van der Waals surface area contributed by atoms with E-state index < -0.39 is 0 Å². The highest BCUT2D eigenvalue weighted by atomic mass is 32.2. The van der Waals surface area contributed by atoms with Gasteiger partial charge in [-0.15, -0.1) is 0 Å². The number of rotatable bonds is 1. The number of morpholine rings is 1. The second-order valence-electron chi connectivity index (χ2n) is 4.66. The quantitative estimate of drug-likeness (QED) is 0.830. The molecule has 0 aromatic heterocycles. The maximum atomic E-state index is 13.3. The summed E-state index contributed by atoms with van der Waals surface area (Å²) in [6.45, 7) is 1.60. The predicted octanol–water partition coefficient (Wildman–Crippen LogP) is 2.36. The van der Waals surface area contributed by atoms with Crippen molar-refractivity contribution < 1.29 is 9.13 Å². The van der Waals surface area contributed by atoms with E-state index in [9.17, 15) is 4.39 Å². The third-order valence-electron chi connectivity index (χ3n) is 3.56. The highest BCUT2D eigenvalue weighted by Gasteiger charge is 2.45. The maximum absolute atomic E-state index is 13.3. The molecular formula is C13H16FNOS. The molecular weight excluding hydrogens is 237 g/mol. The van der Waals surface area contributed by atoms with Gasteiger partial charge in [0.05, 0.1) is 18.2 Å². The molecule has 0 saturated carbocycles. The van der Waals surface area contributed by atoms with E-state index in [0.29, 0.717) is 0 Å². The summed E-state index contributed by atoms with van der Waals surface area (Å²) in [7, 11) is 0. The molecule has 17 heavy (non-hydrogen) atoms. The average Bonchev–Trinajstić information content (AvgIpc) is 2.79. The Labute approximate surface area is 105 Å². The van der Waals surface area contributed by atoms with Crippen molar-refractivity contribution >= 4 is 11.8 Å². The van der Waals surface area contributed by atoms with Gasteiger partial charge in [-0.1, -0.05) is 12.1 Å². The zero-order valence-corrected chi connectivity index (χ0v) is 10.4. The number of hydrogen-bond acceptors (Lipinski definition) is 3. The molecule has 0 radical (unpaired) electrons. The Hall–Kier alpha value is -0.580. The Bertz CT molecular complexity index is 406. The summed E-state index contributed by atoms with van der Waals surface area (Å²) in [5, 5.41) is 3.49. The minimum Gasteiger partial charge on any atom is -0.371 e. The van der Waals surface area contributed by atoms with Crippen molar-refractivity contribution in [3.8, 4) is 0 Å². The van der Waals surface area contributed by atoms with Crippen molar-refractivity contribution in [1.29, 1.82) is 0 Å². The van der Waals surface area contributed by atoms with Crippen LogP contribution in [0.1, 0.15) is 18.0 Å².